The zero-order valence-electron chi connectivity index (χ0n) is 17.6. The van der Waals surface area contributed by atoms with Crippen molar-refractivity contribution in [3.8, 4) is 0 Å². The van der Waals surface area contributed by atoms with Crippen molar-refractivity contribution in [2.75, 3.05) is 37.2 Å². The van der Waals surface area contributed by atoms with Crippen molar-refractivity contribution in [1.29, 1.82) is 0 Å². The normalized spacial score (nSPS) is 16.7. The molecule has 3 N–H and O–H groups in total. The van der Waals surface area contributed by atoms with E-state index in [1.807, 2.05) is 18.2 Å². The summed E-state index contributed by atoms with van der Waals surface area (Å²) in [4.78, 5) is 18.2. The van der Waals surface area contributed by atoms with Gasteiger partial charge in [0, 0.05) is 24.3 Å². The van der Waals surface area contributed by atoms with Gasteiger partial charge < -0.3 is 11.1 Å². The first-order valence-corrected chi connectivity index (χ1v) is 10.2. The van der Waals surface area contributed by atoms with Gasteiger partial charge in [-0.15, -0.1) is 0 Å². The van der Waals surface area contributed by atoms with Gasteiger partial charge in [-0.05, 0) is 58.3 Å². The molecule has 7 heteroatoms. The fourth-order valence-corrected chi connectivity index (χ4v) is 3.64. The average molecular weight is 384 g/mol. The number of rotatable bonds is 5. The summed E-state index contributed by atoms with van der Waals surface area (Å²) in [5, 5.41) is 3.31. The molecule has 1 fully saturated rings. The third-order valence-electron chi connectivity index (χ3n) is 5.25. The molecule has 7 nitrogen and oxygen atoms in total. The van der Waals surface area contributed by atoms with Crippen LogP contribution in [-0.2, 0) is 13.0 Å². The van der Waals surface area contributed by atoms with Crippen molar-refractivity contribution in [2.24, 2.45) is 0 Å². The van der Waals surface area contributed by atoms with Gasteiger partial charge in [-0.25, -0.2) is 0 Å². The number of anilines is 3. The predicted octanol–water partition coefficient (Wildman–Crippen LogP) is 3.07. The molecule has 1 saturated heterocycles. The van der Waals surface area contributed by atoms with Crippen molar-refractivity contribution in [3.05, 3.63) is 35.7 Å². The number of hydrogen-bond acceptors (Lipinski definition) is 7. The van der Waals surface area contributed by atoms with Crippen LogP contribution in [0.25, 0.3) is 0 Å². The van der Waals surface area contributed by atoms with Gasteiger partial charge in [0.25, 0.3) is 0 Å². The van der Waals surface area contributed by atoms with Gasteiger partial charge in [-0.2, -0.15) is 15.0 Å². The van der Waals surface area contributed by atoms with Gasteiger partial charge in [-0.3, -0.25) is 9.80 Å². The molecule has 0 unspecified atom stereocenters. The van der Waals surface area contributed by atoms with E-state index in [0.29, 0.717) is 18.3 Å². The number of nitrogens with zero attached hydrogens (tertiary/aromatic N) is 5. The second-order valence-electron chi connectivity index (χ2n) is 8.36. The molecule has 0 aliphatic carbocycles. The molecular formula is C21H33N7. The standard InChI is InChI=1S/C21H33N7/c1-5-16-9-6-7-10-17(16)23-20-25-18(24-19(22)26-20)15-27-11-8-12-28(14-13-27)21(2,3)4/h6-7,9-10H,5,8,11-15H2,1-4H3,(H3,22,23,24,25,26). The monoisotopic (exact) mass is 383 g/mol. The molecule has 152 valence electrons. The minimum atomic E-state index is 0.206. The van der Waals surface area contributed by atoms with Crippen LogP contribution in [0.2, 0.25) is 0 Å². The van der Waals surface area contributed by atoms with E-state index in [9.17, 15) is 0 Å². The van der Waals surface area contributed by atoms with Crippen LogP contribution in [-0.4, -0.2) is 56.5 Å². The van der Waals surface area contributed by atoms with E-state index in [1.54, 1.807) is 0 Å². The zero-order chi connectivity index (χ0) is 20.1. The lowest BCUT2D eigenvalue weighted by molar-refractivity contribution is 0.140. The number of nitrogens with one attached hydrogen (secondary N) is 1. The van der Waals surface area contributed by atoms with Crippen LogP contribution in [0.3, 0.4) is 0 Å². The molecule has 2 heterocycles. The molecule has 0 bridgehead atoms. The Morgan fingerprint density at radius 3 is 2.57 bits per heavy atom. The molecule has 28 heavy (non-hydrogen) atoms. The summed E-state index contributed by atoms with van der Waals surface area (Å²) in [6.45, 7) is 13.9. The van der Waals surface area contributed by atoms with E-state index in [2.05, 4.69) is 63.8 Å². The van der Waals surface area contributed by atoms with Crippen LogP contribution < -0.4 is 11.1 Å². The Morgan fingerprint density at radius 2 is 1.82 bits per heavy atom. The summed E-state index contributed by atoms with van der Waals surface area (Å²) < 4.78 is 0. The molecule has 0 radical (unpaired) electrons. The Labute approximate surface area is 168 Å². The highest BCUT2D eigenvalue weighted by atomic mass is 15.3. The van der Waals surface area contributed by atoms with Gasteiger partial charge in [0.1, 0.15) is 5.82 Å². The Kier molecular flexibility index (Phi) is 6.46. The zero-order valence-corrected chi connectivity index (χ0v) is 17.6. The summed E-state index contributed by atoms with van der Waals surface area (Å²) >= 11 is 0. The third kappa shape index (κ3) is 5.39. The fourth-order valence-electron chi connectivity index (χ4n) is 3.64. The minimum absolute atomic E-state index is 0.206. The van der Waals surface area contributed by atoms with Crippen molar-refractivity contribution < 1.29 is 0 Å². The van der Waals surface area contributed by atoms with Crippen LogP contribution >= 0.6 is 0 Å². The highest BCUT2D eigenvalue weighted by Crippen LogP contribution is 2.20. The third-order valence-corrected chi connectivity index (χ3v) is 5.25. The van der Waals surface area contributed by atoms with Crippen LogP contribution in [0, 0.1) is 0 Å². The summed E-state index contributed by atoms with van der Waals surface area (Å²) in [6, 6.07) is 8.18. The van der Waals surface area contributed by atoms with Crippen molar-refractivity contribution >= 4 is 17.6 Å². The van der Waals surface area contributed by atoms with E-state index in [1.165, 1.54) is 5.56 Å². The van der Waals surface area contributed by atoms with E-state index in [0.717, 1.165) is 44.7 Å². The molecule has 2 aromatic rings. The van der Waals surface area contributed by atoms with Crippen LogP contribution in [0.4, 0.5) is 17.6 Å². The lowest BCUT2D eigenvalue weighted by atomic mass is 10.1. The van der Waals surface area contributed by atoms with Gasteiger partial charge in [-0.1, -0.05) is 25.1 Å². The Morgan fingerprint density at radius 1 is 1.04 bits per heavy atom. The number of para-hydroxylation sites is 1. The van der Waals surface area contributed by atoms with Gasteiger partial charge in [0.15, 0.2) is 0 Å². The molecule has 1 aliphatic rings. The summed E-state index contributed by atoms with van der Waals surface area (Å²) in [5.74, 6) is 1.48. The SMILES string of the molecule is CCc1ccccc1Nc1nc(N)nc(CN2CCCN(C(C)(C)C)CC2)n1. The smallest absolute Gasteiger partial charge is 0.232 e. The molecule has 0 atom stereocenters. The maximum atomic E-state index is 5.97. The average Bonchev–Trinajstić information content (AvgIpc) is 2.87. The molecule has 0 amide bonds. The van der Waals surface area contributed by atoms with E-state index < -0.39 is 0 Å². The molecule has 0 spiro atoms. The maximum Gasteiger partial charge on any atom is 0.232 e. The Hall–Kier alpha value is -2.25. The van der Waals surface area contributed by atoms with E-state index >= 15 is 0 Å². The first-order chi connectivity index (χ1) is 13.3. The van der Waals surface area contributed by atoms with E-state index in [-0.39, 0.29) is 11.5 Å². The summed E-state index contributed by atoms with van der Waals surface area (Å²) in [6.07, 6.45) is 2.08. The second-order valence-corrected chi connectivity index (χ2v) is 8.36. The highest BCUT2D eigenvalue weighted by molar-refractivity contribution is 5.58. The lowest BCUT2D eigenvalue weighted by Gasteiger charge is -2.34. The summed E-state index contributed by atoms with van der Waals surface area (Å²) in [5.41, 5.74) is 8.41. The quantitative estimate of drug-likeness (QED) is 0.821. The number of aromatic nitrogens is 3. The molecule has 0 saturated carbocycles. The van der Waals surface area contributed by atoms with Crippen LogP contribution in [0.15, 0.2) is 24.3 Å². The first-order valence-electron chi connectivity index (χ1n) is 10.2. The van der Waals surface area contributed by atoms with E-state index in [4.69, 9.17) is 5.73 Å². The van der Waals surface area contributed by atoms with Crippen molar-refractivity contribution in [1.82, 2.24) is 24.8 Å². The minimum Gasteiger partial charge on any atom is -0.368 e. The Balaban J connectivity index is 1.70. The largest absolute Gasteiger partial charge is 0.368 e. The number of aryl methyl sites for hydroxylation is 1. The van der Waals surface area contributed by atoms with Gasteiger partial charge >= 0.3 is 0 Å². The summed E-state index contributed by atoms with van der Waals surface area (Å²) in [7, 11) is 0. The molecular weight excluding hydrogens is 350 g/mol. The molecule has 1 aromatic carbocycles. The van der Waals surface area contributed by atoms with Gasteiger partial charge in [0.05, 0.1) is 6.54 Å². The number of nitrogens with two attached hydrogens (primary N) is 1. The Bertz CT molecular complexity index is 785. The number of benzene rings is 1. The van der Waals surface area contributed by atoms with Crippen molar-refractivity contribution in [2.45, 2.75) is 52.6 Å². The number of hydrogen-bond donors (Lipinski definition) is 2. The lowest BCUT2D eigenvalue weighted by Crippen LogP contribution is -2.43. The molecule has 3 rings (SSSR count). The fraction of sp³-hybridized carbons (Fsp3) is 0.571. The van der Waals surface area contributed by atoms with Crippen molar-refractivity contribution in [3.63, 3.8) is 0 Å². The maximum absolute atomic E-state index is 5.97. The second kappa shape index (κ2) is 8.84. The van der Waals surface area contributed by atoms with Gasteiger partial charge in [0.2, 0.25) is 11.9 Å². The number of nitrogen functional groups attached to an aromatic ring is 1. The van der Waals surface area contributed by atoms with Crippen LogP contribution in [0.5, 0.6) is 0 Å². The molecule has 1 aliphatic heterocycles. The topological polar surface area (TPSA) is 83.2 Å². The van der Waals surface area contributed by atoms with Crippen LogP contribution in [0.1, 0.15) is 45.5 Å². The molecule has 1 aromatic heterocycles. The first kappa shape index (κ1) is 20.5. The predicted molar refractivity (Wildman–Crippen MR) is 115 cm³/mol. The highest BCUT2D eigenvalue weighted by Gasteiger charge is 2.24.